The van der Waals surface area contributed by atoms with Crippen LogP contribution in [0.3, 0.4) is 0 Å². The van der Waals surface area contributed by atoms with Crippen molar-refractivity contribution in [2.45, 2.75) is 72.4 Å². The molecule has 0 aromatic carbocycles. The topological polar surface area (TPSA) is 49.4 Å². The third kappa shape index (κ3) is 3.74. The molecule has 116 valence electrons. The van der Waals surface area contributed by atoms with Gasteiger partial charge in [-0.15, -0.1) is 0 Å². The van der Waals surface area contributed by atoms with Crippen LogP contribution in [0.1, 0.15) is 60.3 Å². The summed E-state index contributed by atoms with van der Waals surface area (Å²) in [4.78, 5) is 26.8. The fraction of sp³-hybridized carbons (Fsp3) is 0.875. The Labute approximate surface area is 123 Å². The molecule has 1 heterocycles. The van der Waals surface area contributed by atoms with Gasteiger partial charge in [0.1, 0.15) is 12.1 Å². The van der Waals surface area contributed by atoms with E-state index in [4.69, 9.17) is 0 Å². The first kappa shape index (κ1) is 17.0. The molecular formula is C16H30N2O2. The summed E-state index contributed by atoms with van der Waals surface area (Å²) in [6.45, 7) is 11.1. The van der Waals surface area contributed by atoms with E-state index in [0.29, 0.717) is 18.9 Å². The summed E-state index contributed by atoms with van der Waals surface area (Å²) in [5, 5.41) is 2.92. The molecule has 1 aliphatic rings. The van der Waals surface area contributed by atoms with Crippen LogP contribution in [0.4, 0.5) is 0 Å². The molecule has 1 saturated heterocycles. The van der Waals surface area contributed by atoms with Crippen molar-refractivity contribution in [2.24, 2.45) is 11.8 Å². The van der Waals surface area contributed by atoms with Crippen LogP contribution >= 0.6 is 0 Å². The molecule has 0 bridgehead atoms. The number of rotatable bonds is 7. The van der Waals surface area contributed by atoms with Crippen LogP contribution in [-0.2, 0) is 9.59 Å². The third-order valence-corrected chi connectivity index (χ3v) is 4.42. The minimum absolute atomic E-state index is 0.0149. The average molecular weight is 282 g/mol. The van der Waals surface area contributed by atoms with E-state index < -0.39 is 0 Å². The molecule has 2 amide bonds. The van der Waals surface area contributed by atoms with E-state index in [2.05, 4.69) is 26.1 Å². The van der Waals surface area contributed by atoms with Crippen molar-refractivity contribution >= 4 is 11.8 Å². The smallest absolute Gasteiger partial charge is 0.246 e. The van der Waals surface area contributed by atoms with E-state index in [1.54, 1.807) is 0 Å². The summed E-state index contributed by atoms with van der Waals surface area (Å²) < 4.78 is 0. The zero-order valence-corrected chi connectivity index (χ0v) is 13.6. The SMILES string of the molecule is CCCC(C)CN1C(=O)C(C(C)CC)NC(=O)C1CC. The highest BCUT2D eigenvalue weighted by Crippen LogP contribution is 2.21. The lowest BCUT2D eigenvalue weighted by atomic mass is 9.92. The van der Waals surface area contributed by atoms with Crippen LogP contribution in [0, 0.1) is 11.8 Å². The number of hydrogen-bond donors (Lipinski definition) is 1. The highest BCUT2D eigenvalue weighted by Gasteiger charge is 2.41. The minimum Gasteiger partial charge on any atom is -0.342 e. The van der Waals surface area contributed by atoms with E-state index in [9.17, 15) is 9.59 Å². The summed E-state index contributed by atoms with van der Waals surface area (Å²) >= 11 is 0. The Kier molecular flexibility index (Phi) is 6.50. The van der Waals surface area contributed by atoms with Crippen molar-refractivity contribution in [1.29, 1.82) is 0 Å². The zero-order chi connectivity index (χ0) is 15.3. The predicted octanol–water partition coefficient (Wildman–Crippen LogP) is 2.57. The number of carbonyl (C=O) groups excluding carboxylic acids is 2. The Morgan fingerprint density at radius 2 is 1.85 bits per heavy atom. The predicted molar refractivity (Wildman–Crippen MR) is 81.2 cm³/mol. The molecule has 1 rings (SSSR count). The van der Waals surface area contributed by atoms with E-state index in [1.807, 2.05) is 18.7 Å². The number of carbonyl (C=O) groups is 2. The number of nitrogens with zero attached hydrogens (tertiary/aromatic N) is 1. The molecule has 1 aliphatic heterocycles. The van der Waals surface area contributed by atoms with Gasteiger partial charge in [0.15, 0.2) is 0 Å². The van der Waals surface area contributed by atoms with Crippen LogP contribution in [0.25, 0.3) is 0 Å². The molecule has 0 saturated carbocycles. The maximum absolute atomic E-state index is 12.7. The molecule has 1 N–H and O–H groups in total. The molecule has 0 aromatic heterocycles. The number of hydrogen-bond acceptors (Lipinski definition) is 2. The highest BCUT2D eigenvalue weighted by molar-refractivity contribution is 5.97. The quantitative estimate of drug-likeness (QED) is 0.780. The number of amides is 2. The average Bonchev–Trinajstić information content (AvgIpc) is 2.42. The van der Waals surface area contributed by atoms with Gasteiger partial charge in [-0.1, -0.05) is 47.5 Å². The Bertz CT molecular complexity index is 343. The molecule has 4 atom stereocenters. The number of piperazine rings is 1. The molecule has 4 unspecified atom stereocenters. The minimum atomic E-state index is -0.343. The van der Waals surface area contributed by atoms with Gasteiger partial charge in [0, 0.05) is 6.54 Å². The maximum atomic E-state index is 12.7. The Hall–Kier alpha value is -1.06. The van der Waals surface area contributed by atoms with Gasteiger partial charge >= 0.3 is 0 Å². The Balaban J connectivity index is 2.88. The van der Waals surface area contributed by atoms with Crippen LogP contribution < -0.4 is 5.32 Å². The third-order valence-electron chi connectivity index (χ3n) is 4.42. The molecule has 0 spiro atoms. The number of nitrogens with one attached hydrogen (secondary N) is 1. The Morgan fingerprint density at radius 1 is 1.20 bits per heavy atom. The van der Waals surface area contributed by atoms with Crippen molar-refractivity contribution in [3.8, 4) is 0 Å². The van der Waals surface area contributed by atoms with Crippen molar-refractivity contribution in [1.82, 2.24) is 10.2 Å². The lowest BCUT2D eigenvalue weighted by molar-refractivity contribution is -0.151. The first-order valence-corrected chi connectivity index (χ1v) is 8.06. The molecule has 0 radical (unpaired) electrons. The van der Waals surface area contributed by atoms with Crippen molar-refractivity contribution in [2.75, 3.05) is 6.54 Å². The largest absolute Gasteiger partial charge is 0.342 e. The van der Waals surface area contributed by atoms with Gasteiger partial charge in [0.05, 0.1) is 0 Å². The van der Waals surface area contributed by atoms with E-state index >= 15 is 0 Å². The first-order chi connectivity index (χ1) is 9.46. The van der Waals surface area contributed by atoms with E-state index in [-0.39, 0.29) is 29.8 Å². The second kappa shape index (κ2) is 7.65. The second-order valence-electron chi connectivity index (χ2n) is 6.18. The standard InChI is InChI=1S/C16H30N2O2/c1-6-9-11(4)10-18-13(8-3)15(19)17-14(16(18)20)12(5)7-2/h11-14H,6-10H2,1-5H3,(H,17,19). The summed E-state index contributed by atoms with van der Waals surface area (Å²) in [7, 11) is 0. The fourth-order valence-electron chi connectivity index (χ4n) is 2.95. The molecule has 20 heavy (non-hydrogen) atoms. The van der Waals surface area contributed by atoms with Gasteiger partial charge in [-0.05, 0) is 24.7 Å². The van der Waals surface area contributed by atoms with Crippen LogP contribution in [0.5, 0.6) is 0 Å². The molecule has 4 heteroatoms. The van der Waals surface area contributed by atoms with Gasteiger partial charge in [-0.2, -0.15) is 0 Å². The summed E-state index contributed by atoms with van der Waals surface area (Å²) in [5.74, 6) is 0.754. The molecule has 1 fully saturated rings. The zero-order valence-electron chi connectivity index (χ0n) is 13.6. The fourth-order valence-corrected chi connectivity index (χ4v) is 2.95. The molecule has 0 aliphatic carbocycles. The van der Waals surface area contributed by atoms with Gasteiger partial charge < -0.3 is 10.2 Å². The Morgan fingerprint density at radius 3 is 2.35 bits per heavy atom. The van der Waals surface area contributed by atoms with E-state index in [0.717, 1.165) is 19.3 Å². The lowest BCUT2D eigenvalue weighted by Gasteiger charge is -2.41. The second-order valence-corrected chi connectivity index (χ2v) is 6.18. The van der Waals surface area contributed by atoms with Gasteiger partial charge in [-0.3, -0.25) is 9.59 Å². The van der Waals surface area contributed by atoms with Crippen molar-refractivity contribution in [3.05, 3.63) is 0 Å². The molecule has 0 aromatic rings. The van der Waals surface area contributed by atoms with Crippen molar-refractivity contribution in [3.63, 3.8) is 0 Å². The first-order valence-electron chi connectivity index (χ1n) is 8.06. The van der Waals surface area contributed by atoms with Crippen molar-refractivity contribution < 1.29 is 9.59 Å². The van der Waals surface area contributed by atoms with Crippen LogP contribution in [-0.4, -0.2) is 35.3 Å². The highest BCUT2D eigenvalue weighted by atomic mass is 16.2. The summed E-state index contributed by atoms with van der Waals surface area (Å²) in [6, 6.07) is -0.633. The van der Waals surface area contributed by atoms with Crippen LogP contribution in [0.15, 0.2) is 0 Å². The van der Waals surface area contributed by atoms with Gasteiger partial charge in [0.2, 0.25) is 11.8 Å². The van der Waals surface area contributed by atoms with E-state index in [1.165, 1.54) is 0 Å². The summed E-state index contributed by atoms with van der Waals surface area (Å²) in [6.07, 6.45) is 3.78. The monoisotopic (exact) mass is 282 g/mol. The van der Waals surface area contributed by atoms with Gasteiger partial charge in [0.25, 0.3) is 0 Å². The molecular weight excluding hydrogens is 252 g/mol. The van der Waals surface area contributed by atoms with Crippen LogP contribution in [0.2, 0.25) is 0 Å². The lowest BCUT2D eigenvalue weighted by Crippen LogP contribution is -2.65. The maximum Gasteiger partial charge on any atom is 0.246 e. The normalized spacial score (nSPS) is 26.4. The molecule has 4 nitrogen and oxygen atoms in total. The summed E-state index contributed by atoms with van der Waals surface area (Å²) in [5.41, 5.74) is 0. The van der Waals surface area contributed by atoms with Gasteiger partial charge in [-0.25, -0.2) is 0 Å².